The number of para-hydroxylation sites is 2. The molecule has 0 atom stereocenters. The largest absolute Gasteiger partial charge is 0.744 e. The van der Waals surface area contributed by atoms with E-state index < -0.39 is 10.1 Å². The van der Waals surface area contributed by atoms with Crippen LogP contribution in [-0.4, -0.2) is 36.3 Å². The lowest BCUT2D eigenvalue weighted by Gasteiger charge is -2.25. The van der Waals surface area contributed by atoms with Crippen LogP contribution in [0, 0.1) is 0 Å². The molecule has 43 heavy (non-hydrogen) atoms. The molecular formula is C37H36N2O3S. The lowest BCUT2D eigenvalue weighted by Crippen LogP contribution is -2.17. The molecule has 218 valence electrons. The molecule has 0 saturated carbocycles. The highest BCUT2D eigenvalue weighted by molar-refractivity contribution is 7.85. The first kappa shape index (κ1) is 30.0. The Hall–Kier alpha value is -4.52. The van der Waals surface area contributed by atoms with Gasteiger partial charge in [-0.25, -0.2) is 8.42 Å². The number of benzene rings is 4. The van der Waals surface area contributed by atoms with E-state index in [2.05, 4.69) is 71.9 Å². The Morgan fingerprint density at radius 2 is 1.28 bits per heavy atom. The molecule has 6 heteroatoms. The van der Waals surface area contributed by atoms with Gasteiger partial charge in [-0.05, 0) is 65.6 Å². The minimum atomic E-state index is -4.71. The predicted molar refractivity (Wildman–Crippen MR) is 175 cm³/mol. The molecule has 4 aromatic rings. The molecule has 5 nitrogen and oxygen atoms in total. The quantitative estimate of drug-likeness (QED) is 0.138. The van der Waals surface area contributed by atoms with Crippen molar-refractivity contribution in [3.8, 4) is 0 Å². The molecule has 0 N–H and O–H groups in total. The highest BCUT2D eigenvalue weighted by atomic mass is 32.2. The second-order valence-corrected chi connectivity index (χ2v) is 11.7. The van der Waals surface area contributed by atoms with Crippen LogP contribution in [-0.2, 0) is 10.1 Å². The van der Waals surface area contributed by atoms with Gasteiger partial charge in [0.2, 0.25) is 11.4 Å². The second-order valence-electron chi connectivity index (χ2n) is 10.4. The van der Waals surface area contributed by atoms with Gasteiger partial charge in [-0.3, -0.25) is 0 Å². The van der Waals surface area contributed by atoms with Crippen LogP contribution in [0.2, 0.25) is 0 Å². The minimum absolute atomic E-state index is 0.230. The van der Waals surface area contributed by atoms with Gasteiger partial charge in [-0.2, -0.15) is 4.58 Å². The standard InChI is InChI=1S/C37H36N2O3S/c1-3-27-38(31-13-7-5-8-14-31)33-23-19-29(20-24-33)37(35-17-11-12-18-36(35)43(40,41)42)30-21-25-34(26-22-30)39(28-4-2)32-15-9-6-10-16-32/h5-26H,3-4,27-28H2,1-2H3. The van der Waals surface area contributed by atoms with Crippen molar-refractivity contribution in [1.82, 2.24) is 0 Å². The van der Waals surface area contributed by atoms with Gasteiger partial charge in [0.25, 0.3) is 0 Å². The summed E-state index contributed by atoms with van der Waals surface area (Å²) in [5.74, 6) is 0. The van der Waals surface area contributed by atoms with Gasteiger partial charge < -0.3 is 9.45 Å². The Labute approximate surface area is 255 Å². The van der Waals surface area contributed by atoms with Crippen molar-refractivity contribution < 1.29 is 17.5 Å². The van der Waals surface area contributed by atoms with E-state index in [-0.39, 0.29) is 4.90 Å². The normalized spacial score (nSPS) is 12.8. The highest BCUT2D eigenvalue weighted by Crippen LogP contribution is 2.35. The summed E-state index contributed by atoms with van der Waals surface area (Å²) in [5.41, 5.74) is 7.01. The van der Waals surface area contributed by atoms with E-state index in [0.29, 0.717) is 11.1 Å². The van der Waals surface area contributed by atoms with Gasteiger partial charge in [-0.15, -0.1) is 0 Å². The van der Waals surface area contributed by atoms with Gasteiger partial charge in [0.1, 0.15) is 16.7 Å². The molecule has 0 fully saturated rings. The molecule has 0 unspecified atom stereocenters. The molecule has 0 saturated heterocycles. The lowest BCUT2D eigenvalue weighted by molar-refractivity contribution is -0.439. The number of allylic oxidation sites excluding steroid dienone is 5. The van der Waals surface area contributed by atoms with Crippen LogP contribution in [0.15, 0.2) is 144 Å². The maximum atomic E-state index is 12.4. The van der Waals surface area contributed by atoms with Crippen molar-refractivity contribution in [2.45, 2.75) is 31.6 Å². The monoisotopic (exact) mass is 588 g/mol. The first-order chi connectivity index (χ1) is 20.9. The Balaban J connectivity index is 1.64. The van der Waals surface area contributed by atoms with E-state index in [1.54, 1.807) is 18.2 Å². The third-order valence-electron chi connectivity index (χ3n) is 7.39. The van der Waals surface area contributed by atoms with E-state index in [4.69, 9.17) is 0 Å². The van der Waals surface area contributed by atoms with Gasteiger partial charge in [-0.1, -0.05) is 80.6 Å². The molecule has 0 radical (unpaired) electrons. The molecular weight excluding hydrogens is 552 g/mol. The fourth-order valence-corrected chi connectivity index (χ4v) is 6.15. The summed E-state index contributed by atoms with van der Waals surface area (Å²) in [7, 11) is -4.71. The van der Waals surface area contributed by atoms with Crippen LogP contribution in [0.1, 0.15) is 37.8 Å². The van der Waals surface area contributed by atoms with E-state index in [1.165, 1.54) is 6.07 Å². The van der Waals surface area contributed by atoms with Crippen molar-refractivity contribution >= 4 is 38.5 Å². The summed E-state index contributed by atoms with van der Waals surface area (Å²) in [6.07, 6.45) is 10.1. The maximum Gasteiger partial charge on any atom is 0.205 e. The van der Waals surface area contributed by atoms with Crippen molar-refractivity contribution in [2.24, 2.45) is 0 Å². The Kier molecular flexibility index (Phi) is 9.50. The average Bonchev–Trinajstić information content (AvgIpc) is 3.04. The first-order valence-corrected chi connectivity index (χ1v) is 16.1. The zero-order valence-electron chi connectivity index (χ0n) is 24.6. The predicted octanol–water partition coefficient (Wildman–Crippen LogP) is 8.26. The molecule has 1 aliphatic carbocycles. The first-order valence-electron chi connectivity index (χ1n) is 14.7. The van der Waals surface area contributed by atoms with Crippen molar-refractivity contribution in [3.63, 3.8) is 0 Å². The zero-order chi connectivity index (χ0) is 30.2. The van der Waals surface area contributed by atoms with Crippen LogP contribution in [0.3, 0.4) is 0 Å². The summed E-state index contributed by atoms with van der Waals surface area (Å²) < 4.78 is 39.4. The van der Waals surface area contributed by atoms with E-state index in [9.17, 15) is 13.0 Å². The summed E-state index contributed by atoms with van der Waals surface area (Å²) in [6.45, 7) is 6.02. The van der Waals surface area contributed by atoms with Crippen molar-refractivity contribution in [3.05, 3.63) is 150 Å². The van der Waals surface area contributed by atoms with Crippen LogP contribution < -0.4 is 4.90 Å². The van der Waals surface area contributed by atoms with Crippen LogP contribution in [0.4, 0.5) is 17.1 Å². The molecule has 0 amide bonds. The van der Waals surface area contributed by atoms with Crippen LogP contribution >= 0.6 is 0 Å². The fraction of sp³-hybridized carbons (Fsp3) is 0.162. The van der Waals surface area contributed by atoms with Crippen molar-refractivity contribution in [1.29, 1.82) is 0 Å². The number of rotatable bonds is 10. The molecule has 4 aromatic carbocycles. The van der Waals surface area contributed by atoms with Gasteiger partial charge in [0.15, 0.2) is 0 Å². The van der Waals surface area contributed by atoms with Crippen molar-refractivity contribution in [2.75, 3.05) is 18.0 Å². The molecule has 0 aromatic heterocycles. The molecule has 0 aliphatic heterocycles. The van der Waals surface area contributed by atoms with E-state index >= 15 is 0 Å². The molecule has 0 bridgehead atoms. The van der Waals surface area contributed by atoms with Crippen LogP contribution in [0.5, 0.6) is 0 Å². The number of nitrogens with zero attached hydrogens (tertiary/aromatic N) is 2. The summed E-state index contributed by atoms with van der Waals surface area (Å²) in [4.78, 5) is 2.03. The number of anilines is 2. The second kappa shape index (κ2) is 13.6. The Morgan fingerprint density at radius 3 is 1.88 bits per heavy atom. The molecule has 5 rings (SSSR count). The average molecular weight is 589 g/mol. The van der Waals surface area contributed by atoms with E-state index in [0.717, 1.165) is 59.8 Å². The smallest absolute Gasteiger partial charge is 0.205 e. The number of hydrogen-bond donors (Lipinski definition) is 0. The topological polar surface area (TPSA) is 63.5 Å². The SMILES string of the molecule is CCCN(c1ccccc1)c1ccc(C(=C2C=CC(=[N+](CCC)c3ccccc3)C=C2)c2ccccc2S(=O)(=O)[O-])cc1. The third kappa shape index (κ3) is 6.94. The number of hydrogen-bond acceptors (Lipinski definition) is 4. The molecule has 0 spiro atoms. The van der Waals surface area contributed by atoms with E-state index in [1.807, 2.05) is 60.7 Å². The highest BCUT2D eigenvalue weighted by Gasteiger charge is 2.20. The fourth-order valence-electron chi connectivity index (χ4n) is 5.46. The van der Waals surface area contributed by atoms with Gasteiger partial charge in [0.05, 0.1) is 4.90 Å². The summed E-state index contributed by atoms with van der Waals surface area (Å²) in [6, 6.07) is 35.1. The van der Waals surface area contributed by atoms with Gasteiger partial charge in [0, 0.05) is 54.2 Å². The third-order valence-corrected chi connectivity index (χ3v) is 8.29. The summed E-state index contributed by atoms with van der Waals surface area (Å²) in [5, 5.41) is 0. The van der Waals surface area contributed by atoms with Crippen LogP contribution in [0.25, 0.3) is 5.57 Å². The zero-order valence-corrected chi connectivity index (χ0v) is 25.4. The Bertz CT molecular complexity index is 1770. The summed E-state index contributed by atoms with van der Waals surface area (Å²) >= 11 is 0. The molecule has 1 aliphatic rings. The Morgan fingerprint density at radius 1 is 0.698 bits per heavy atom. The minimum Gasteiger partial charge on any atom is -0.744 e. The maximum absolute atomic E-state index is 12.4. The molecule has 0 heterocycles. The van der Waals surface area contributed by atoms with Gasteiger partial charge >= 0.3 is 0 Å². The lowest BCUT2D eigenvalue weighted by atomic mass is 9.90.